The Morgan fingerprint density at radius 3 is 2.14 bits per heavy atom. The summed E-state index contributed by atoms with van der Waals surface area (Å²) in [5, 5.41) is 8.82. The first-order valence-corrected chi connectivity index (χ1v) is 7.50. The Labute approximate surface area is 130 Å². The summed E-state index contributed by atoms with van der Waals surface area (Å²) in [6.07, 6.45) is 4.18. The topological polar surface area (TPSA) is 60.9 Å². The minimum atomic E-state index is -0.465. The summed E-state index contributed by atoms with van der Waals surface area (Å²) < 4.78 is 0. The Kier molecular flexibility index (Phi) is 5.72. The van der Waals surface area contributed by atoms with Gasteiger partial charge in [0.1, 0.15) is 6.61 Å². The van der Waals surface area contributed by atoms with Crippen LogP contribution in [0.15, 0.2) is 30.3 Å². The molecule has 0 spiro atoms. The number of carbonyl (C=O) groups excluding carboxylic acids is 2. The molecule has 0 atom stereocenters. The van der Waals surface area contributed by atoms with Gasteiger partial charge in [0.05, 0.1) is 0 Å². The van der Waals surface area contributed by atoms with Gasteiger partial charge in [0, 0.05) is 32.6 Å². The minimum Gasteiger partial charge on any atom is -0.387 e. The van der Waals surface area contributed by atoms with Crippen LogP contribution in [0.25, 0.3) is 6.08 Å². The molecule has 5 nitrogen and oxygen atoms in total. The molecule has 0 saturated carbocycles. The molecule has 118 valence electrons. The summed E-state index contributed by atoms with van der Waals surface area (Å²) in [5.41, 5.74) is 2.29. The van der Waals surface area contributed by atoms with Gasteiger partial charge in [0.15, 0.2) is 0 Å². The highest BCUT2D eigenvalue weighted by molar-refractivity contribution is 5.80. The van der Waals surface area contributed by atoms with Gasteiger partial charge in [-0.05, 0) is 12.5 Å². The van der Waals surface area contributed by atoms with E-state index in [9.17, 15) is 9.59 Å². The van der Waals surface area contributed by atoms with Crippen LogP contribution in [0.4, 0.5) is 0 Å². The number of aliphatic hydroxyl groups is 1. The van der Waals surface area contributed by atoms with Gasteiger partial charge in [-0.25, -0.2) is 0 Å². The maximum Gasteiger partial charge on any atom is 0.248 e. The number of nitrogens with zero attached hydrogens (tertiary/aromatic N) is 2. The van der Waals surface area contributed by atoms with Crippen LogP contribution in [-0.4, -0.2) is 59.5 Å². The van der Waals surface area contributed by atoms with E-state index in [0.717, 1.165) is 5.56 Å². The highest BCUT2D eigenvalue weighted by Gasteiger charge is 2.22. The molecule has 1 heterocycles. The van der Waals surface area contributed by atoms with E-state index in [1.165, 1.54) is 5.56 Å². The minimum absolute atomic E-state index is 0.0689. The molecular formula is C17H22N2O3. The number of piperazine rings is 1. The number of amides is 2. The SMILES string of the molecule is Cc1ccc(/C=C/CC(=O)N2CCN(C(=O)CO)CC2)cc1. The van der Waals surface area contributed by atoms with Gasteiger partial charge < -0.3 is 14.9 Å². The summed E-state index contributed by atoms with van der Waals surface area (Å²) in [4.78, 5) is 26.8. The quantitative estimate of drug-likeness (QED) is 0.905. The molecular weight excluding hydrogens is 280 g/mol. The lowest BCUT2D eigenvalue weighted by Gasteiger charge is -2.34. The van der Waals surface area contributed by atoms with Gasteiger partial charge in [0.25, 0.3) is 0 Å². The van der Waals surface area contributed by atoms with Crippen molar-refractivity contribution >= 4 is 17.9 Å². The molecule has 1 fully saturated rings. The molecule has 0 aliphatic carbocycles. The second kappa shape index (κ2) is 7.75. The second-order valence-corrected chi connectivity index (χ2v) is 5.44. The van der Waals surface area contributed by atoms with E-state index in [4.69, 9.17) is 5.11 Å². The fourth-order valence-electron chi connectivity index (χ4n) is 2.41. The summed E-state index contributed by atoms with van der Waals surface area (Å²) in [6, 6.07) is 8.13. The Morgan fingerprint density at radius 1 is 1.05 bits per heavy atom. The summed E-state index contributed by atoms with van der Waals surface area (Å²) in [7, 11) is 0. The molecule has 1 saturated heterocycles. The highest BCUT2D eigenvalue weighted by Crippen LogP contribution is 2.08. The largest absolute Gasteiger partial charge is 0.387 e. The molecule has 2 amide bonds. The fourth-order valence-corrected chi connectivity index (χ4v) is 2.41. The number of hydrogen-bond acceptors (Lipinski definition) is 3. The Morgan fingerprint density at radius 2 is 1.59 bits per heavy atom. The van der Waals surface area contributed by atoms with Gasteiger partial charge in [0.2, 0.25) is 11.8 Å². The van der Waals surface area contributed by atoms with Gasteiger partial charge >= 0.3 is 0 Å². The van der Waals surface area contributed by atoms with E-state index in [1.807, 2.05) is 43.3 Å². The highest BCUT2D eigenvalue weighted by atomic mass is 16.3. The van der Waals surface area contributed by atoms with Crippen LogP contribution in [0, 0.1) is 6.92 Å². The first-order valence-electron chi connectivity index (χ1n) is 7.50. The molecule has 1 aromatic rings. The van der Waals surface area contributed by atoms with E-state index >= 15 is 0 Å². The molecule has 22 heavy (non-hydrogen) atoms. The molecule has 0 aromatic heterocycles. The van der Waals surface area contributed by atoms with Crippen LogP contribution < -0.4 is 0 Å². The Balaban J connectivity index is 1.78. The molecule has 1 N–H and O–H groups in total. The molecule has 1 aromatic carbocycles. The molecule has 1 aliphatic heterocycles. The van der Waals surface area contributed by atoms with Crippen LogP contribution in [0.5, 0.6) is 0 Å². The van der Waals surface area contributed by atoms with Crippen molar-refractivity contribution in [3.05, 3.63) is 41.5 Å². The Bertz CT molecular complexity index is 544. The number of aryl methyl sites for hydroxylation is 1. The van der Waals surface area contributed by atoms with E-state index in [1.54, 1.807) is 9.80 Å². The van der Waals surface area contributed by atoms with Crippen molar-refractivity contribution in [2.24, 2.45) is 0 Å². The Hall–Kier alpha value is -2.14. The third-order valence-electron chi connectivity index (χ3n) is 3.80. The standard InChI is InChI=1S/C17H22N2O3/c1-14-5-7-15(8-6-14)3-2-4-16(21)18-9-11-19(12-10-18)17(22)13-20/h2-3,5-8,20H,4,9-13H2,1H3/b3-2+. The van der Waals surface area contributed by atoms with Crippen molar-refractivity contribution in [1.29, 1.82) is 0 Å². The predicted molar refractivity (Wildman–Crippen MR) is 85.1 cm³/mol. The summed E-state index contributed by atoms with van der Waals surface area (Å²) in [5.74, 6) is -0.203. The van der Waals surface area contributed by atoms with Crippen molar-refractivity contribution in [3.8, 4) is 0 Å². The van der Waals surface area contributed by atoms with Crippen molar-refractivity contribution in [1.82, 2.24) is 9.80 Å². The predicted octanol–water partition coefficient (Wildman–Crippen LogP) is 1.06. The first-order chi connectivity index (χ1) is 10.6. The average molecular weight is 302 g/mol. The van der Waals surface area contributed by atoms with Gasteiger partial charge in [-0.3, -0.25) is 9.59 Å². The fraction of sp³-hybridized carbons (Fsp3) is 0.412. The number of hydrogen-bond donors (Lipinski definition) is 1. The van der Waals surface area contributed by atoms with Crippen LogP contribution in [0.3, 0.4) is 0 Å². The monoisotopic (exact) mass is 302 g/mol. The molecule has 0 radical (unpaired) electrons. The molecule has 0 unspecified atom stereocenters. The van der Waals surface area contributed by atoms with E-state index in [2.05, 4.69) is 0 Å². The zero-order chi connectivity index (χ0) is 15.9. The van der Waals surface area contributed by atoms with Gasteiger partial charge in [-0.2, -0.15) is 0 Å². The number of benzene rings is 1. The van der Waals surface area contributed by atoms with Crippen molar-refractivity contribution in [3.63, 3.8) is 0 Å². The third-order valence-corrected chi connectivity index (χ3v) is 3.80. The maximum atomic E-state index is 12.1. The van der Waals surface area contributed by atoms with Crippen molar-refractivity contribution < 1.29 is 14.7 Å². The zero-order valence-corrected chi connectivity index (χ0v) is 12.9. The first kappa shape index (κ1) is 16.2. The lowest BCUT2D eigenvalue weighted by Crippen LogP contribution is -2.51. The zero-order valence-electron chi connectivity index (χ0n) is 12.9. The lowest BCUT2D eigenvalue weighted by atomic mass is 10.1. The van der Waals surface area contributed by atoms with Crippen LogP contribution in [-0.2, 0) is 9.59 Å². The molecule has 5 heteroatoms. The smallest absolute Gasteiger partial charge is 0.248 e. The average Bonchev–Trinajstić information content (AvgIpc) is 2.56. The number of rotatable bonds is 4. The maximum absolute atomic E-state index is 12.1. The second-order valence-electron chi connectivity index (χ2n) is 5.44. The molecule has 1 aliphatic rings. The van der Waals surface area contributed by atoms with Crippen molar-refractivity contribution in [2.75, 3.05) is 32.8 Å². The summed E-state index contributed by atoms with van der Waals surface area (Å²) in [6.45, 7) is 3.62. The van der Waals surface area contributed by atoms with E-state index in [0.29, 0.717) is 32.6 Å². The molecule has 0 bridgehead atoms. The molecule has 2 rings (SSSR count). The van der Waals surface area contributed by atoms with Crippen LogP contribution >= 0.6 is 0 Å². The van der Waals surface area contributed by atoms with Gasteiger partial charge in [-0.1, -0.05) is 42.0 Å². The van der Waals surface area contributed by atoms with Crippen LogP contribution in [0.2, 0.25) is 0 Å². The number of aliphatic hydroxyl groups excluding tert-OH is 1. The van der Waals surface area contributed by atoms with Gasteiger partial charge in [-0.15, -0.1) is 0 Å². The third kappa shape index (κ3) is 4.43. The number of carbonyl (C=O) groups is 2. The van der Waals surface area contributed by atoms with E-state index < -0.39 is 6.61 Å². The normalized spacial score (nSPS) is 15.4. The summed E-state index contributed by atoms with van der Waals surface area (Å²) >= 11 is 0. The lowest BCUT2D eigenvalue weighted by molar-refractivity contribution is -0.140. The van der Waals surface area contributed by atoms with Crippen LogP contribution in [0.1, 0.15) is 17.5 Å². The van der Waals surface area contributed by atoms with Crippen molar-refractivity contribution in [2.45, 2.75) is 13.3 Å². The van der Waals surface area contributed by atoms with E-state index in [-0.39, 0.29) is 11.8 Å².